The maximum Gasteiger partial charge on any atom is 0.309 e. The molecule has 0 spiro atoms. The lowest BCUT2D eigenvalue weighted by molar-refractivity contribution is -0.150. The van der Waals surface area contributed by atoms with E-state index in [-0.39, 0.29) is 49.8 Å². The molecule has 4 unspecified atom stereocenters. The normalized spacial score (nSPS) is 13.1. The van der Waals surface area contributed by atoms with Crippen molar-refractivity contribution in [2.45, 2.75) is 70.1 Å². The van der Waals surface area contributed by atoms with Gasteiger partial charge in [-0.05, 0) is 79.3 Å². The van der Waals surface area contributed by atoms with E-state index >= 15 is 0 Å². The van der Waals surface area contributed by atoms with E-state index in [1.165, 1.54) is 0 Å². The summed E-state index contributed by atoms with van der Waals surface area (Å²) in [7, 11) is 0. The molecule has 0 aliphatic carbocycles. The second kappa shape index (κ2) is 23.2. The van der Waals surface area contributed by atoms with Crippen LogP contribution >= 0.6 is 0 Å². The lowest BCUT2D eigenvalue weighted by Crippen LogP contribution is -2.45. The summed E-state index contributed by atoms with van der Waals surface area (Å²) >= 11 is 0. The Morgan fingerprint density at radius 3 is 1.83 bits per heavy atom. The zero-order valence-electron chi connectivity index (χ0n) is 31.1. The third-order valence-electron chi connectivity index (χ3n) is 9.21. The van der Waals surface area contributed by atoms with E-state index < -0.39 is 18.0 Å². The van der Waals surface area contributed by atoms with Gasteiger partial charge in [-0.3, -0.25) is 14.4 Å². The Morgan fingerprint density at radius 2 is 1.24 bits per heavy atom. The van der Waals surface area contributed by atoms with Gasteiger partial charge in [0.2, 0.25) is 11.8 Å². The van der Waals surface area contributed by atoms with Crippen LogP contribution in [0.15, 0.2) is 141 Å². The number of rotatable bonds is 24. The van der Waals surface area contributed by atoms with Crippen LogP contribution in [-0.2, 0) is 45.0 Å². The first-order valence-corrected chi connectivity index (χ1v) is 18.8. The average Bonchev–Trinajstić information content (AvgIpc) is 3.20. The Kier molecular flexibility index (Phi) is 17.8. The number of hydrogen-bond donors (Lipinski definition) is 3. The van der Waals surface area contributed by atoms with Crippen LogP contribution in [0.1, 0.15) is 54.4 Å². The van der Waals surface area contributed by atoms with Crippen molar-refractivity contribution in [3.05, 3.63) is 163 Å². The number of amides is 2. The number of carbonyl (C=O) groups excluding carboxylic acids is 3. The van der Waals surface area contributed by atoms with Gasteiger partial charge >= 0.3 is 5.97 Å². The van der Waals surface area contributed by atoms with Crippen molar-refractivity contribution in [3.8, 4) is 5.75 Å². The number of unbranched alkanes of at least 4 members (excludes halogenated alkanes) is 1. The molecule has 284 valence electrons. The van der Waals surface area contributed by atoms with Gasteiger partial charge in [0.15, 0.2) is 0 Å². The second-order valence-corrected chi connectivity index (χ2v) is 13.6. The molecule has 0 saturated heterocycles. The molecule has 0 bridgehead atoms. The van der Waals surface area contributed by atoms with E-state index in [0.717, 1.165) is 40.8 Å². The maximum atomic E-state index is 13.7. The Bertz CT molecular complexity index is 1710. The Labute approximate surface area is 320 Å². The monoisotopic (exact) mass is 730 g/mol. The van der Waals surface area contributed by atoms with Gasteiger partial charge < -0.3 is 25.2 Å². The molecule has 0 saturated carbocycles. The highest BCUT2D eigenvalue weighted by atomic mass is 16.5. The van der Waals surface area contributed by atoms with E-state index in [9.17, 15) is 19.5 Å². The zero-order chi connectivity index (χ0) is 38.4. The number of benzene rings is 4. The SMILES string of the molecule is C=CCCCC(Cc1ccccc1)C(=O)OCC(Cc1ccccc1)NC(=O)C(CC=C)CC(=O)NC(CO)Cc1ccc(OCc2ccccc2)cc1. The van der Waals surface area contributed by atoms with Crippen molar-refractivity contribution in [2.75, 3.05) is 13.2 Å². The number of ether oxygens (including phenoxy) is 2. The highest BCUT2D eigenvalue weighted by Crippen LogP contribution is 2.19. The fourth-order valence-electron chi connectivity index (χ4n) is 6.28. The summed E-state index contributed by atoms with van der Waals surface area (Å²) in [5.41, 5.74) is 4.03. The molecule has 0 radical (unpaired) electrons. The first-order valence-electron chi connectivity index (χ1n) is 18.8. The van der Waals surface area contributed by atoms with E-state index in [4.69, 9.17) is 9.47 Å². The molecule has 4 aromatic rings. The van der Waals surface area contributed by atoms with Crippen LogP contribution in [0.3, 0.4) is 0 Å². The number of aliphatic hydroxyl groups excluding tert-OH is 1. The molecule has 8 nitrogen and oxygen atoms in total. The third-order valence-corrected chi connectivity index (χ3v) is 9.21. The molecule has 0 aliphatic rings. The molecule has 4 rings (SSSR count). The average molecular weight is 731 g/mol. The lowest BCUT2D eigenvalue weighted by atomic mass is 9.94. The summed E-state index contributed by atoms with van der Waals surface area (Å²) < 4.78 is 11.8. The zero-order valence-corrected chi connectivity index (χ0v) is 31.1. The van der Waals surface area contributed by atoms with E-state index in [0.29, 0.717) is 32.3 Å². The molecular formula is C46H54N2O6. The third kappa shape index (κ3) is 14.9. The quantitative estimate of drug-likeness (QED) is 0.0395. The first-order chi connectivity index (χ1) is 26.4. The van der Waals surface area contributed by atoms with Crippen molar-refractivity contribution in [3.63, 3.8) is 0 Å². The molecule has 4 aromatic carbocycles. The minimum Gasteiger partial charge on any atom is -0.489 e. The standard InChI is InChI=1S/C46H54N2O6/c1-3-5-9-23-40(28-35-17-10-6-11-18-35)46(52)54-34-42(30-36-19-12-7-13-20-36)48-45(51)39(16-4-2)31-44(50)47-41(32-49)29-37-24-26-43(27-25-37)53-33-38-21-14-8-15-22-38/h3-4,6-8,10-15,17-22,24-27,39-42,49H,1-2,5,9,16,23,28-34H2,(H,47,50)(H,48,51). The highest BCUT2D eigenvalue weighted by molar-refractivity contribution is 5.86. The molecule has 54 heavy (non-hydrogen) atoms. The highest BCUT2D eigenvalue weighted by Gasteiger charge is 2.27. The minimum absolute atomic E-state index is 0.0120. The molecule has 4 atom stereocenters. The molecule has 3 N–H and O–H groups in total. The summed E-state index contributed by atoms with van der Waals surface area (Å²) in [6.45, 7) is 7.80. The van der Waals surface area contributed by atoms with Crippen LogP contribution in [0.2, 0.25) is 0 Å². The van der Waals surface area contributed by atoms with Gasteiger partial charge in [0.1, 0.15) is 19.0 Å². The van der Waals surface area contributed by atoms with Gasteiger partial charge in [-0.1, -0.05) is 115 Å². The predicted molar refractivity (Wildman–Crippen MR) is 214 cm³/mol. The van der Waals surface area contributed by atoms with E-state index in [1.807, 2.05) is 121 Å². The number of hydrogen-bond acceptors (Lipinski definition) is 6. The summed E-state index contributed by atoms with van der Waals surface area (Å²) in [4.78, 5) is 40.5. The number of allylic oxidation sites excluding steroid dienone is 2. The Morgan fingerprint density at radius 1 is 0.667 bits per heavy atom. The van der Waals surface area contributed by atoms with Gasteiger partial charge in [-0.15, -0.1) is 13.2 Å². The topological polar surface area (TPSA) is 114 Å². The fraction of sp³-hybridized carbons (Fsp3) is 0.326. The molecule has 2 amide bonds. The summed E-state index contributed by atoms with van der Waals surface area (Å²) in [6.07, 6.45) is 7.34. The van der Waals surface area contributed by atoms with Crippen molar-refractivity contribution >= 4 is 17.8 Å². The van der Waals surface area contributed by atoms with Crippen LogP contribution in [0.25, 0.3) is 0 Å². The smallest absolute Gasteiger partial charge is 0.309 e. The van der Waals surface area contributed by atoms with Crippen molar-refractivity contribution in [1.82, 2.24) is 10.6 Å². The molecule has 0 fully saturated rings. The van der Waals surface area contributed by atoms with Gasteiger partial charge in [0, 0.05) is 6.42 Å². The van der Waals surface area contributed by atoms with E-state index in [1.54, 1.807) is 6.08 Å². The van der Waals surface area contributed by atoms with Gasteiger partial charge in [0.25, 0.3) is 0 Å². The van der Waals surface area contributed by atoms with Gasteiger partial charge in [-0.25, -0.2) is 0 Å². The van der Waals surface area contributed by atoms with Crippen molar-refractivity contribution in [1.29, 1.82) is 0 Å². The number of carbonyl (C=O) groups is 3. The predicted octanol–water partition coefficient (Wildman–Crippen LogP) is 7.35. The number of nitrogens with one attached hydrogen (secondary N) is 2. The maximum absolute atomic E-state index is 13.7. The molecule has 0 aliphatic heterocycles. The first kappa shape index (κ1) is 41.3. The van der Waals surface area contributed by atoms with E-state index in [2.05, 4.69) is 23.8 Å². The second-order valence-electron chi connectivity index (χ2n) is 13.6. The molecule has 0 aromatic heterocycles. The molecule has 8 heteroatoms. The van der Waals surface area contributed by atoms with Crippen LogP contribution in [0.5, 0.6) is 5.75 Å². The number of aliphatic hydroxyl groups is 1. The lowest BCUT2D eigenvalue weighted by Gasteiger charge is -2.24. The Hall–Kier alpha value is -5.47. The minimum atomic E-state index is -0.707. The van der Waals surface area contributed by atoms with Gasteiger partial charge in [0.05, 0.1) is 30.5 Å². The summed E-state index contributed by atoms with van der Waals surface area (Å²) in [5.74, 6) is -1.30. The van der Waals surface area contributed by atoms with Crippen LogP contribution in [0.4, 0.5) is 0 Å². The van der Waals surface area contributed by atoms with Crippen molar-refractivity contribution in [2.24, 2.45) is 11.8 Å². The molecular weight excluding hydrogens is 677 g/mol. The van der Waals surface area contributed by atoms with Gasteiger partial charge in [-0.2, -0.15) is 0 Å². The Balaban J connectivity index is 1.34. The summed E-state index contributed by atoms with van der Waals surface area (Å²) in [5, 5.41) is 16.1. The fourth-order valence-corrected chi connectivity index (χ4v) is 6.28. The summed E-state index contributed by atoms with van der Waals surface area (Å²) in [6, 6.07) is 36.0. The molecule has 0 heterocycles. The van der Waals surface area contributed by atoms with Crippen molar-refractivity contribution < 1.29 is 29.0 Å². The van der Waals surface area contributed by atoms with Crippen LogP contribution in [0, 0.1) is 11.8 Å². The largest absolute Gasteiger partial charge is 0.489 e. The van der Waals surface area contributed by atoms with Crippen LogP contribution in [-0.4, -0.2) is 48.2 Å². The van der Waals surface area contributed by atoms with Crippen LogP contribution < -0.4 is 15.4 Å². The number of esters is 1.